The molecule has 0 heterocycles. The number of fused-ring (bicyclic) bond motifs is 5. The Morgan fingerprint density at radius 3 is 1.71 bits per heavy atom. The molecule has 9 heteroatoms. The van der Waals surface area contributed by atoms with Gasteiger partial charge in [-0.25, -0.2) is 14.4 Å². The van der Waals surface area contributed by atoms with Crippen LogP contribution >= 0.6 is 0 Å². The molecule has 170 valence electrons. The molecule has 0 aromatic heterocycles. The molecule has 0 aromatic rings. The van der Waals surface area contributed by atoms with Crippen molar-refractivity contribution in [1.82, 2.24) is 0 Å². The molecule has 3 aliphatic carbocycles. The Morgan fingerprint density at radius 1 is 0.806 bits per heavy atom. The van der Waals surface area contributed by atoms with Crippen molar-refractivity contribution >= 4 is 17.9 Å². The van der Waals surface area contributed by atoms with Crippen molar-refractivity contribution in [3.63, 3.8) is 0 Å². The van der Waals surface area contributed by atoms with Gasteiger partial charge in [0, 0.05) is 29.1 Å². The van der Waals surface area contributed by atoms with Gasteiger partial charge in [0.05, 0.1) is 0 Å². The van der Waals surface area contributed by atoms with Gasteiger partial charge in [0.15, 0.2) is 5.60 Å². The van der Waals surface area contributed by atoms with Gasteiger partial charge in [-0.05, 0) is 46.0 Å². The van der Waals surface area contributed by atoms with E-state index >= 15 is 0 Å². The first-order valence-electron chi connectivity index (χ1n) is 9.98. The highest BCUT2D eigenvalue weighted by Gasteiger charge is 2.88. The number of hydrogen-bond donors (Lipinski definition) is 3. The van der Waals surface area contributed by atoms with Crippen LogP contribution in [0.15, 0.2) is 36.5 Å². The zero-order valence-corrected chi connectivity index (χ0v) is 17.9. The predicted molar refractivity (Wildman–Crippen MR) is 106 cm³/mol. The van der Waals surface area contributed by atoms with Crippen molar-refractivity contribution in [2.24, 2.45) is 11.8 Å². The zero-order chi connectivity index (χ0) is 23.6. The van der Waals surface area contributed by atoms with Crippen molar-refractivity contribution in [3.05, 3.63) is 36.5 Å². The van der Waals surface area contributed by atoms with E-state index in [-0.39, 0.29) is 35.5 Å². The van der Waals surface area contributed by atoms with Crippen LogP contribution < -0.4 is 0 Å². The molecule has 5 unspecified atom stereocenters. The van der Waals surface area contributed by atoms with Crippen molar-refractivity contribution in [3.8, 4) is 0 Å². The SMILES string of the molecule is C=C(C)C(=O)OC1(OC(=O)C(=C)C)CC2C3CCC(O)(C3)C2(O)C1(O)OC(=O)C(=C)C. The highest BCUT2D eigenvalue weighted by atomic mass is 16.8. The Bertz CT molecular complexity index is 877. The van der Waals surface area contributed by atoms with Gasteiger partial charge in [0.2, 0.25) is 0 Å². The third-order valence-electron chi connectivity index (χ3n) is 6.67. The van der Waals surface area contributed by atoms with Crippen LogP contribution in [0.25, 0.3) is 0 Å². The first kappa shape index (κ1) is 23.2. The summed E-state index contributed by atoms with van der Waals surface area (Å²) >= 11 is 0. The molecule has 0 radical (unpaired) electrons. The summed E-state index contributed by atoms with van der Waals surface area (Å²) in [5.41, 5.74) is -4.66. The van der Waals surface area contributed by atoms with E-state index in [0.29, 0.717) is 6.42 Å². The molecule has 0 aromatic carbocycles. The summed E-state index contributed by atoms with van der Waals surface area (Å²) < 4.78 is 16.1. The summed E-state index contributed by atoms with van der Waals surface area (Å²) in [4.78, 5) is 37.5. The Morgan fingerprint density at radius 2 is 1.26 bits per heavy atom. The monoisotopic (exact) mass is 436 g/mol. The number of hydrogen-bond acceptors (Lipinski definition) is 9. The summed E-state index contributed by atoms with van der Waals surface area (Å²) in [5.74, 6) is -10.2. The fourth-order valence-electron chi connectivity index (χ4n) is 5.13. The van der Waals surface area contributed by atoms with E-state index in [9.17, 15) is 29.7 Å². The minimum atomic E-state index is -3.12. The van der Waals surface area contributed by atoms with E-state index in [2.05, 4.69) is 19.7 Å². The summed E-state index contributed by atoms with van der Waals surface area (Å²) in [6.07, 6.45) is 0.359. The second kappa shape index (κ2) is 7.01. The lowest BCUT2D eigenvalue weighted by Crippen LogP contribution is -2.74. The fraction of sp³-hybridized carbons (Fsp3) is 0.591. The fourth-order valence-corrected chi connectivity index (χ4v) is 5.13. The van der Waals surface area contributed by atoms with Crippen molar-refractivity contribution in [1.29, 1.82) is 0 Å². The molecule has 0 amide bonds. The molecule has 3 saturated carbocycles. The normalized spacial score (nSPS) is 37.0. The van der Waals surface area contributed by atoms with E-state index in [4.69, 9.17) is 14.2 Å². The van der Waals surface area contributed by atoms with E-state index in [0.717, 1.165) is 0 Å². The molecule has 3 aliphatic rings. The van der Waals surface area contributed by atoms with Crippen LogP contribution in [0.3, 0.4) is 0 Å². The smallest absolute Gasteiger partial charge is 0.336 e. The number of aliphatic hydroxyl groups is 3. The van der Waals surface area contributed by atoms with Gasteiger partial charge in [0.25, 0.3) is 0 Å². The minimum absolute atomic E-state index is 0.0925. The first-order chi connectivity index (χ1) is 14.1. The topological polar surface area (TPSA) is 140 Å². The molecule has 3 N–H and O–H groups in total. The van der Waals surface area contributed by atoms with Crippen molar-refractivity contribution in [2.75, 3.05) is 0 Å². The van der Waals surface area contributed by atoms with Crippen LogP contribution in [-0.2, 0) is 28.6 Å². The van der Waals surface area contributed by atoms with E-state index in [1.54, 1.807) is 0 Å². The quantitative estimate of drug-likeness (QED) is 0.316. The third-order valence-corrected chi connectivity index (χ3v) is 6.67. The van der Waals surface area contributed by atoms with Gasteiger partial charge in [-0.1, -0.05) is 19.7 Å². The molecule has 0 aliphatic heterocycles. The highest BCUT2D eigenvalue weighted by Crippen LogP contribution is 2.70. The maximum Gasteiger partial charge on any atom is 0.336 e. The van der Waals surface area contributed by atoms with Crippen LogP contribution in [0.5, 0.6) is 0 Å². The molecule has 9 nitrogen and oxygen atoms in total. The number of carbonyl (C=O) groups excluding carboxylic acids is 3. The zero-order valence-electron chi connectivity index (χ0n) is 17.9. The number of ether oxygens (including phenoxy) is 3. The average Bonchev–Trinajstić information content (AvgIpc) is 3.21. The van der Waals surface area contributed by atoms with Crippen LogP contribution in [-0.4, -0.2) is 56.0 Å². The Kier molecular flexibility index (Phi) is 5.24. The lowest BCUT2D eigenvalue weighted by Gasteiger charge is -2.49. The lowest BCUT2D eigenvalue weighted by atomic mass is 9.72. The van der Waals surface area contributed by atoms with Gasteiger partial charge in [-0.15, -0.1) is 0 Å². The highest BCUT2D eigenvalue weighted by molar-refractivity contribution is 5.90. The second-order valence-corrected chi connectivity index (χ2v) is 9.02. The number of esters is 3. The molecule has 5 atom stereocenters. The number of rotatable bonds is 6. The Balaban J connectivity index is 2.23. The Hall–Kier alpha value is -2.49. The van der Waals surface area contributed by atoms with Gasteiger partial charge < -0.3 is 29.5 Å². The lowest BCUT2D eigenvalue weighted by molar-refractivity contribution is -0.401. The van der Waals surface area contributed by atoms with Gasteiger partial charge in [-0.3, -0.25) is 0 Å². The standard InChI is InChI=1S/C22H28O9/c1-11(2)16(23)29-20(30-17(24)12(3)4)10-15-14-7-8-19(26,9-14)21(15,27)22(20,28)31-18(25)13(5)6/h14-15,26-28H,1,3,5,7-10H2,2,4,6H3. The summed E-state index contributed by atoms with van der Waals surface area (Å²) in [5, 5.41) is 34.8. The summed E-state index contributed by atoms with van der Waals surface area (Å²) in [6.45, 7) is 14.4. The molecule has 2 bridgehead atoms. The first-order valence-corrected chi connectivity index (χ1v) is 9.98. The van der Waals surface area contributed by atoms with Crippen molar-refractivity contribution in [2.45, 2.75) is 69.2 Å². The average molecular weight is 436 g/mol. The Labute approximate surface area is 180 Å². The minimum Gasteiger partial charge on any atom is -0.418 e. The molecule has 31 heavy (non-hydrogen) atoms. The van der Waals surface area contributed by atoms with E-state index in [1.807, 2.05) is 0 Å². The van der Waals surface area contributed by atoms with Gasteiger partial charge >= 0.3 is 29.5 Å². The van der Waals surface area contributed by atoms with Crippen LogP contribution in [0.2, 0.25) is 0 Å². The molecular weight excluding hydrogens is 408 g/mol. The van der Waals surface area contributed by atoms with E-state index in [1.165, 1.54) is 20.8 Å². The summed E-state index contributed by atoms with van der Waals surface area (Å²) in [6, 6.07) is 0. The van der Waals surface area contributed by atoms with Gasteiger partial charge in [-0.2, -0.15) is 0 Å². The largest absolute Gasteiger partial charge is 0.418 e. The van der Waals surface area contributed by atoms with Crippen LogP contribution in [0.4, 0.5) is 0 Å². The number of carbonyl (C=O) groups is 3. The maximum atomic E-state index is 12.5. The molecular formula is C22H28O9. The predicted octanol–water partition coefficient (Wildman–Crippen LogP) is 1.02. The molecule has 0 saturated heterocycles. The van der Waals surface area contributed by atoms with Crippen LogP contribution in [0.1, 0.15) is 46.5 Å². The maximum absolute atomic E-state index is 12.5. The van der Waals surface area contributed by atoms with Gasteiger partial charge in [0.1, 0.15) is 5.60 Å². The molecule has 3 fully saturated rings. The third kappa shape index (κ3) is 2.98. The van der Waals surface area contributed by atoms with Crippen molar-refractivity contribution < 1.29 is 43.9 Å². The molecule has 3 rings (SSSR count). The molecule has 0 spiro atoms. The second-order valence-electron chi connectivity index (χ2n) is 9.02. The van der Waals surface area contributed by atoms with Crippen LogP contribution in [0, 0.1) is 11.8 Å². The summed E-state index contributed by atoms with van der Waals surface area (Å²) in [7, 11) is 0. The van der Waals surface area contributed by atoms with E-state index < -0.39 is 53.0 Å².